The number of unbranched alkanes of at least 4 members (excludes halogenated alkanes) is 3. The number of methoxy groups -OCH3 is 1. The van der Waals surface area contributed by atoms with Gasteiger partial charge in [-0.1, -0.05) is 64.5 Å². The third-order valence-corrected chi connectivity index (χ3v) is 8.95. The number of carbonyl (C=O) groups is 1. The average molecular weight is 535 g/mol. The van der Waals surface area contributed by atoms with E-state index in [9.17, 15) is 4.79 Å². The third kappa shape index (κ3) is 10.1. The van der Waals surface area contributed by atoms with Crippen LogP contribution in [0.15, 0.2) is 0 Å². The molecule has 1 aromatic heterocycles. The van der Waals surface area contributed by atoms with Crippen molar-refractivity contribution < 1.29 is 19.0 Å². The van der Waals surface area contributed by atoms with Crippen molar-refractivity contribution in [3.8, 4) is 0 Å². The molecule has 0 radical (unpaired) electrons. The Bertz CT molecular complexity index is 801. The van der Waals surface area contributed by atoms with E-state index in [0.717, 1.165) is 44.1 Å². The van der Waals surface area contributed by atoms with Crippen molar-refractivity contribution in [2.75, 3.05) is 40.1 Å². The van der Waals surface area contributed by atoms with Crippen LogP contribution in [0.5, 0.6) is 0 Å². The molecule has 1 fully saturated rings. The Morgan fingerprint density at radius 1 is 1.05 bits per heavy atom. The van der Waals surface area contributed by atoms with E-state index < -0.39 is 0 Å². The summed E-state index contributed by atoms with van der Waals surface area (Å²) < 4.78 is 18.0. The van der Waals surface area contributed by atoms with E-state index in [1.807, 2.05) is 0 Å². The Hall–Kier alpha value is -1.67. The molecule has 0 saturated heterocycles. The van der Waals surface area contributed by atoms with Crippen molar-refractivity contribution >= 4 is 6.09 Å². The van der Waals surface area contributed by atoms with Gasteiger partial charge in [-0.25, -0.2) is 9.48 Å². The lowest BCUT2D eigenvalue weighted by Crippen LogP contribution is -2.29. The summed E-state index contributed by atoms with van der Waals surface area (Å²) >= 11 is 0. The molecule has 0 bridgehead atoms. The zero-order chi connectivity index (χ0) is 27.2. The lowest BCUT2D eigenvalue weighted by atomic mass is 9.88. The molecule has 1 heterocycles. The number of aryl methyl sites for hydroxylation is 2. The Labute approximate surface area is 230 Å². The van der Waals surface area contributed by atoms with Crippen LogP contribution in [-0.4, -0.2) is 61.2 Å². The number of rotatable bonds is 19. The van der Waals surface area contributed by atoms with E-state index in [-0.39, 0.29) is 6.09 Å². The number of aromatic nitrogens is 3. The number of amides is 1. The minimum atomic E-state index is -0.346. The molecule has 1 N–H and O–H groups in total. The summed E-state index contributed by atoms with van der Waals surface area (Å²) in [6.07, 6.45) is 14.5. The first-order valence-electron chi connectivity index (χ1n) is 15.5. The van der Waals surface area contributed by atoms with E-state index in [2.05, 4.69) is 41.1 Å². The van der Waals surface area contributed by atoms with Crippen LogP contribution in [0.25, 0.3) is 0 Å². The molecule has 218 valence electrons. The fourth-order valence-corrected chi connectivity index (χ4v) is 6.22. The van der Waals surface area contributed by atoms with Crippen LogP contribution in [0.3, 0.4) is 0 Å². The summed E-state index contributed by atoms with van der Waals surface area (Å²) in [5.41, 5.74) is 2.54. The fraction of sp³-hybridized carbons (Fsp3) is 0.900. The molecule has 2 aliphatic rings. The Balaban J connectivity index is 1.30. The van der Waals surface area contributed by atoms with Gasteiger partial charge in [0.05, 0.1) is 37.8 Å². The second-order valence-electron chi connectivity index (χ2n) is 11.6. The van der Waals surface area contributed by atoms with Gasteiger partial charge in [0.2, 0.25) is 0 Å². The first kappa shape index (κ1) is 30.9. The Morgan fingerprint density at radius 3 is 2.61 bits per heavy atom. The van der Waals surface area contributed by atoms with Gasteiger partial charge in [-0.15, -0.1) is 5.10 Å². The van der Waals surface area contributed by atoms with E-state index in [1.165, 1.54) is 62.8 Å². The number of hydrogen-bond donors (Lipinski definition) is 1. The van der Waals surface area contributed by atoms with Gasteiger partial charge in [0.15, 0.2) is 0 Å². The molecule has 2 aliphatic carbocycles. The van der Waals surface area contributed by atoms with Gasteiger partial charge in [0, 0.05) is 20.2 Å². The number of ether oxygens (including phenoxy) is 3. The molecular formula is C30H54N4O4. The fourth-order valence-electron chi connectivity index (χ4n) is 6.22. The third-order valence-electron chi connectivity index (χ3n) is 8.95. The summed E-state index contributed by atoms with van der Waals surface area (Å²) in [7, 11) is 1.64. The van der Waals surface area contributed by atoms with Crippen LogP contribution < -0.4 is 5.32 Å². The number of nitrogens with one attached hydrogen (secondary N) is 1. The van der Waals surface area contributed by atoms with Crippen molar-refractivity contribution in [1.82, 2.24) is 20.3 Å². The maximum absolute atomic E-state index is 12.0. The van der Waals surface area contributed by atoms with E-state index in [1.54, 1.807) is 7.11 Å². The first-order valence-corrected chi connectivity index (χ1v) is 15.5. The standard InChI is InChI=1S/C30H54N4O4/c1-5-23(3)21-24(6-2)11-9-7-8-10-17-34-29-15-13-26-25(12-14-28(29)32-33-34)27(26)22-38-30(35)31-16-18-37-20-19-36-4/h23-27H,5-22H2,1-4H3,(H,31,35). The zero-order valence-electron chi connectivity index (χ0n) is 24.6. The largest absolute Gasteiger partial charge is 0.449 e. The van der Waals surface area contributed by atoms with Crippen LogP contribution in [0.4, 0.5) is 4.79 Å². The first-order chi connectivity index (χ1) is 18.6. The molecule has 5 unspecified atom stereocenters. The van der Waals surface area contributed by atoms with Gasteiger partial charge in [-0.3, -0.25) is 0 Å². The zero-order valence-corrected chi connectivity index (χ0v) is 24.6. The van der Waals surface area contributed by atoms with Gasteiger partial charge in [0.1, 0.15) is 0 Å². The van der Waals surface area contributed by atoms with E-state index >= 15 is 0 Å². The molecule has 0 aromatic carbocycles. The van der Waals surface area contributed by atoms with Crippen LogP contribution in [-0.2, 0) is 33.6 Å². The van der Waals surface area contributed by atoms with Gasteiger partial charge in [0.25, 0.3) is 0 Å². The summed E-state index contributed by atoms with van der Waals surface area (Å²) in [6.45, 7) is 10.6. The maximum Gasteiger partial charge on any atom is 0.407 e. The van der Waals surface area contributed by atoms with Crippen molar-refractivity contribution in [2.45, 2.75) is 104 Å². The molecule has 8 nitrogen and oxygen atoms in total. The van der Waals surface area contributed by atoms with Crippen LogP contribution in [0, 0.1) is 29.6 Å². The minimum Gasteiger partial charge on any atom is -0.449 e. The second kappa shape index (κ2) is 17.1. The van der Waals surface area contributed by atoms with Gasteiger partial charge < -0.3 is 19.5 Å². The SMILES string of the molecule is CCC(C)CC(CC)CCCCCCn1nnc2c1CCC1C(CC2)C1COC(=O)NCCOCCOC. The van der Waals surface area contributed by atoms with Crippen molar-refractivity contribution in [3.05, 3.63) is 11.4 Å². The highest BCUT2D eigenvalue weighted by Gasteiger charge is 2.50. The summed E-state index contributed by atoms with van der Waals surface area (Å²) in [6, 6.07) is 0. The maximum atomic E-state index is 12.0. The topological polar surface area (TPSA) is 87.5 Å². The lowest BCUT2D eigenvalue weighted by Gasteiger charge is -2.18. The lowest BCUT2D eigenvalue weighted by molar-refractivity contribution is 0.0703. The molecule has 1 amide bonds. The smallest absolute Gasteiger partial charge is 0.407 e. The molecule has 1 saturated carbocycles. The molecule has 0 aliphatic heterocycles. The Kier molecular flexibility index (Phi) is 13.9. The number of carbonyl (C=O) groups excluding carboxylic acids is 1. The average Bonchev–Trinajstić information content (AvgIpc) is 3.43. The van der Waals surface area contributed by atoms with Gasteiger partial charge >= 0.3 is 6.09 Å². The van der Waals surface area contributed by atoms with Crippen LogP contribution in [0.2, 0.25) is 0 Å². The van der Waals surface area contributed by atoms with Gasteiger partial charge in [-0.2, -0.15) is 0 Å². The highest BCUT2D eigenvalue weighted by atomic mass is 16.5. The van der Waals surface area contributed by atoms with Crippen LogP contribution in [0.1, 0.15) is 96.4 Å². The predicted octanol–water partition coefficient (Wildman–Crippen LogP) is 5.82. The highest BCUT2D eigenvalue weighted by molar-refractivity contribution is 5.67. The Morgan fingerprint density at radius 2 is 1.84 bits per heavy atom. The molecular weight excluding hydrogens is 480 g/mol. The van der Waals surface area contributed by atoms with Crippen LogP contribution >= 0.6 is 0 Å². The molecule has 0 spiro atoms. The molecule has 3 rings (SSSR count). The number of hydrogen-bond acceptors (Lipinski definition) is 6. The highest BCUT2D eigenvalue weighted by Crippen LogP contribution is 2.52. The van der Waals surface area contributed by atoms with E-state index in [0.29, 0.717) is 50.7 Å². The van der Waals surface area contributed by atoms with Gasteiger partial charge in [-0.05, 0) is 68.1 Å². The molecule has 38 heavy (non-hydrogen) atoms. The predicted molar refractivity (Wildman–Crippen MR) is 150 cm³/mol. The quantitative estimate of drug-likeness (QED) is 0.225. The molecule has 5 atom stereocenters. The molecule has 1 aromatic rings. The summed E-state index contributed by atoms with van der Waals surface area (Å²) in [5, 5.41) is 11.8. The number of fused-ring (bicyclic) bond motifs is 2. The number of nitrogens with zero attached hydrogens (tertiary/aromatic N) is 3. The summed E-state index contributed by atoms with van der Waals surface area (Å²) in [5.74, 6) is 3.54. The minimum absolute atomic E-state index is 0.346. The normalized spacial score (nSPS) is 22.1. The summed E-state index contributed by atoms with van der Waals surface area (Å²) in [4.78, 5) is 12.0. The van der Waals surface area contributed by atoms with Crippen molar-refractivity contribution in [1.29, 1.82) is 0 Å². The second-order valence-corrected chi connectivity index (χ2v) is 11.6. The van der Waals surface area contributed by atoms with Crippen molar-refractivity contribution in [2.24, 2.45) is 29.6 Å². The van der Waals surface area contributed by atoms with Crippen molar-refractivity contribution in [3.63, 3.8) is 0 Å². The monoisotopic (exact) mass is 534 g/mol. The number of alkyl carbamates (subject to hydrolysis) is 1. The molecule has 8 heteroatoms. The van der Waals surface area contributed by atoms with E-state index in [4.69, 9.17) is 14.2 Å².